The van der Waals surface area contributed by atoms with Crippen molar-refractivity contribution in [3.05, 3.63) is 57.5 Å². The van der Waals surface area contributed by atoms with Crippen molar-refractivity contribution in [3.63, 3.8) is 0 Å². The van der Waals surface area contributed by atoms with Gasteiger partial charge in [-0.3, -0.25) is 0 Å². The summed E-state index contributed by atoms with van der Waals surface area (Å²) in [5, 5.41) is 4.23. The first-order valence-electron chi connectivity index (χ1n) is 6.61. The van der Waals surface area contributed by atoms with Gasteiger partial charge in [0.2, 0.25) is 0 Å². The van der Waals surface area contributed by atoms with Crippen molar-refractivity contribution < 1.29 is 0 Å². The lowest BCUT2D eigenvalue weighted by Crippen LogP contribution is -2.14. The van der Waals surface area contributed by atoms with E-state index >= 15 is 0 Å². The van der Waals surface area contributed by atoms with Gasteiger partial charge in [0.05, 0.1) is 0 Å². The van der Waals surface area contributed by atoms with Crippen LogP contribution in [0, 0.1) is 0 Å². The van der Waals surface area contributed by atoms with Crippen molar-refractivity contribution in [2.45, 2.75) is 29.7 Å². The molecule has 1 nitrogen and oxygen atoms in total. The Morgan fingerprint density at radius 3 is 2.60 bits per heavy atom. The van der Waals surface area contributed by atoms with Gasteiger partial charge in [-0.05, 0) is 54.9 Å². The average Bonchev–Trinajstić information content (AvgIpc) is 2.44. The molecule has 0 fully saturated rings. The summed E-state index contributed by atoms with van der Waals surface area (Å²) in [6.45, 7) is 4.12. The Hall–Kier alpha value is -0.480. The molecule has 20 heavy (non-hydrogen) atoms. The van der Waals surface area contributed by atoms with E-state index in [1.165, 1.54) is 15.4 Å². The third-order valence-corrected chi connectivity index (χ3v) is 4.67. The SMILES string of the molecule is CCCNCc1ccc(Br)cc1Sc1ccc(Cl)cc1. The van der Waals surface area contributed by atoms with Crippen LogP contribution < -0.4 is 5.32 Å². The van der Waals surface area contributed by atoms with Crippen LogP contribution >= 0.6 is 39.3 Å². The zero-order chi connectivity index (χ0) is 14.4. The molecule has 0 saturated carbocycles. The molecule has 4 heteroatoms. The van der Waals surface area contributed by atoms with Crippen molar-refractivity contribution in [1.82, 2.24) is 5.32 Å². The summed E-state index contributed by atoms with van der Waals surface area (Å²) in [4.78, 5) is 2.47. The van der Waals surface area contributed by atoms with Gasteiger partial charge in [0.15, 0.2) is 0 Å². The van der Waals surface area contributed by atoms with Crippen LogP contribution in [-0.2, 0) is 6.54 Å². The molecule has 0 saturated heterocycles. The van der Waals surface area contributed by atoms with Gasteiger partial charge in [-0.2, -0.15) is 0 Å². The zero-order valence-corrected chi connectivity index (χ0v) is 14.5. The molecular weight excluding hydrogens is 354 g/mol. The van der Waals surface area contributed by atoms with Crippen LogP contribution in [0.2, 0.25) is 5.02 Å². The summed E-state index contributed by atoms with van der Waals surface area (Å²) in [7, 11) is 0. The lowest BCUT2D eigenvalue weighted by molar-refractivity contribution is 0.669. The molecule has 0 aromatic heterocycles. The molecule has 2 aromatic rings. The van der Waals surface area contributed by atoms with Crippen molar-refractivity contribution in [1.29, 1.82) is 0 Å². The van der Waals surface area contributed by atoms with Gasteiger partial charge in [0.1, 0.15) is 0 Å². The quantitative estimate of drug-likeness (QED) is 0.649. The molecular formula is C16H17BrClNS. The van der Waals surface area contributed by atoms with Crippen LogP contribution in [-0.4, -0.2) is 6.54 Å². The second-order valence-electron chi connectivity index (χ2n) is 4.48. The summed E-state index contributed by atoms with van der Waals surface area (Å²) in [6.07, 6.45) is 1.15. The highest BCUT2D eigenvalue weighted by Crippen LogP contribution is 2.33. The fourth-order valence-corrected chi connectivity index (χ4v) is 3.42. The largest absolute Gasteiger partial charge is 0.313 e. The van der Waals surface area contributed by atoms with Crippen LogP contribution in [0.5, 0.6) is 0 Å². The highest BCUT2D eigenvalue weighted by atomic mass is 79.9. The standard InChI is InChI=1S/C16H17BrClNS/c1-2-9-19-11-12-3-4-13(17)10-16(12)20-15-7-5-14(18)6-8-15/h3-8,10,19H,2,9,11H2,1H3. The third-order valence-electron chi connectivity index (χ3n) is 2.81. The van der Waals surface area contributed by atoms with Crippen molar-refractivity contribution in [2.24, 2.45) is 0 Å². The predicted octanol–water partition coefficient (Wildman–Crippen LogP) is 5.75. The summed E-state index contributed by atoms with van der Waals surface area (Å²) in [5.74, 6) is 0. The molecule has 0 bridgehead atoms. The van der Waals surface area contributed by atoms with E-state index in [-0.39, 0.29) is 0 Å². The highest BCUT2D eigenvalue weighted by Gasteiger charge is 2.05. The van der Waals surface area contributed by atoms with E-state index in [9.17, 15) is 0 Å². The van der Waals surface area contributed by atoms with E-state index < -0.39 is 0 Å². The lowest BCUT2D eigenvalue weighted by atomic mass is 10.2. The number of hydrogen-bond donors (Lipinski definition) is 1. The third kappa shape index (κ3) is 4.81. The van der Waals surface area contributed by atoms with E-state index in [1.54, 1.807) is 11.8 Å². The molecule has 1 N–H and O–H groups in total. The van der Waals surface area contributed by atoms with E-state index in [0.717, 1.165) is 29.0 Å². The van der Waals surface area contributed by atoms with Crippen LogP contribution in [0.15, 0.2) is 56.7 Å². The van der Waals surface area contributed by atoms with Crippen LogP contribution in [0.4, 0.5) is 0 Å². The van der Waals surface area contributed by atoms with Crippen LogP contribution in [0.25, 0.3) is 0 Å². The topological polar surface area (TPSA) is 12.0 Å². The van der Waals surface area contributed by atoms with Gasteiger partial charge < -0.3 is 5.32 Å². The molecule has 0 atom stereocenters. The van der Waals surface area contributed by atoms with Crippen molar-refractivity contribution in [2.75, 3.05) is 6.54 Å². The summed E-state index contributed by atoms with van der Waals surface area (Å²) in [5.41, 5.74) is 1.32. The molecule has 0 aliphatic heterocycles. The number of hydrogen-bond acceptors (Lipinski definition) is 2. The first kappa shape index (κ1) is 15.9. The molecule has 106 valence electrons. The van der Waals surface area contributed by atoms with Crippen molar-refractivity contribution in [3.8, 4) is 0 Å². The fourth-order valence-electron chi connectivity index (χ4n) is 1.80. The fraction of sp³-hybridized carbons (Fsp3) is 0.250. The van der Waals surface area contributed by atoms with E-state index in [1.807, 2.05) is 12.1 Å². The highest BCUT2D eigenvalue weighted by molar-refractivity contribution is 9.10. The Bertz CT molecular complexity index is 557. The smallest absolute Gasteiger partial charge is 0.0406 e. The lowest BCUT2D eigenvalue weighted by Gasteiger charge is -2.11. The Morgan fingerprint density at radius 2 is 1.90 bits per heavy atom. The minimum Gasteiger partial charge on any atom is -0.313 e. The van der Waals surface area contributed by atoms with Crippen molar-refractivity contribution >= 4 is 39.3 Å². The number of benzene rings is 2. The van der Waals surface area contributed by atoms with Gasteiger partial charge in [-0.25, -0.2) is 0 Å². The van der Waals surface area contributed by atoms with Gasteiger partial charge >= 0.3 is 0 Å². The summed E-state index contributed by atoms with van der Waals surface area (Å²) >= 11 is 11.2. The average molecular weight is 371 g/mol. The summed E-state index contributed by atoms with van der Waals surface area (Å²) < 4.78 is 1.10. The molecule has 0 spiro atoms. The Morgan fingerprint density at radius 1 is 1.15 bits per heavy atom. The van der Waals surface area contributed by atoms with E-state index in [0.29, 0.717) is 0 Å². The normalized spacial score (nSPS) is 10.8. The molecule has 0 amide bonds. The molecule has 0 radical (unpaired) electrons. The molecule has 2 rings (SSSR count). The molecule has 0 unspecified atom stereocenters. The van der Waals surface area contributed by atoms with E-state index in [4.69, 9.17) is 11.6 Å². The Labute approximate surface area is 138 Å². The van der Waals surface area contributed by atoms with Crippen LogP contribution in [0.1, 0.15) is 18.9 Å². The number of halogens is 2. The van der Waals surface area contributed by atoms with Crippen LogP contribution in [0.3, 0.4) is 0 Å². The first-order valence-corrected chi connectivity index (χ1v) is 8.60. The predicted molar refractivity (Wildman–Crippen MR) is 91.7 cm³/mol. The van der Waals surface area contributed by atoms with Gasteiger partial charge in [0.25, 0.3) is 0 Å². The minimum absolute atomic E-state index is 0.772. The monoisotopic (exact) mass is 369 g/mol. The maximum absolute atomic E-state index is 5.93. The second kappa shape index (κ2) is 8.08. The zero-order valence-electron chi connectivity index (χ0n) is 11.3. The number of nitrogens with one attached hydrogen (secondary N) is 1. The minimum atomic E-state index is 0.772. The first-order chi connectivity index (χ1) is 9.69. The maximum Gasteiger partial charge on any atom is 0.0406 e. The van der Waals surface area contributed by atoms with Gasteiger partial charge in [-0.1, -0.05) is 52.3 Å². The van der Waals surface area contributed by atoms with E-state index in [2.05, 4.69) is 58.5 Å². The Kier molecular flexibility index (Phi) is 6.43. The molecule has 2 aromatic carbocycles. The van der Waals surface area contributed by atoms with Gasteiger partial charge in [0, 0.05) is 25.8 Å². The Balaban J connectivity index is 2.15. The number of rotatable bonds is 6. The molecule has 0 heterocycles. The molecule has 0 aliphatic rings. The van der Waals surface area contributed by atoms with Gasteiger partial charge in [-0.15, -0.1) is 0 Å². The second-order valence-corrected chi connectivity index (χ2v) is 6.95. The maximum atomic E-state index is 5.93. The summed E-state index contributed by atoms with van der Waals surface area (Å²) in [6, 6.07) is 14.4. The molecule has 0 aliphatic carbocycles.